The Bertz CT molecular complexity index is 406. The van der Waals surface area contributed by atoms with E-state index in [0.29, 0.717) is 13.2 Å². The molecule has 104 valence electrons. The Morgan fingerprint density at radius 3 is 2.53 bits per heavy atom. The van der Waals surface area contributed by atoms with Gasteiger partial charge in [-0.2, -0.15) is 0 Å². The van der Waals surface area contributed by atoms with Crippen LogP contribution in [0.2, 0.25) is 0 Å². The summed E-state index contributed by atoms with van der Waals surface area (Å²) in [5.74, 6) is -0.493. The van der Waals surface area contributed by atoms with E-state index in [-0.39, 0.29) is 18.4 Å². The number of benzene rings is 1. The molecule has 1 aromatic carbocycles. The van der Waals surface area contributed by atoms with Crippen molar-refractivity contribution in [3.8, 4) is 0 Å². The highest BCUT2D eigenvalue weighted by molar-refractivity contribution is 5.86. The van der Waals surface area contributed by atoms with E-state index in [2.05, 4.69) is 10.6 Å². The largest absolute Gasteiger partial charge is 0.379 e. The molecule has 5 heteroatoms. The molecule has 0 fully saturated rings. The van der Waals surface area contributed by atoms with E-state index in [1.165, 1.54) is 6.92 Å². The zero-order valence-electron chi connectivity index (χ0n) is 11.3. The summed E-state index contributed by atoms with van der Waals surface area (Å²) in [6.07, 6.45) is 0. The van der Waals surface area contributed by atoms with Crippen LogP contribution >= 0.6 is 0 Å². The van der Waals surface area contributed by atoms with E-state index < -0.39 is 6.04 Å². The lowest BCUT2D eigenvalue weighted by molar-refractivity contribution is -0.129. The van der Waals surface area contributed by atoms with E-state index in [1.807, 2.05) is 37.3 Å². The average molecular weight is 264 g/mol. The molecule has 0 radical (unpaired) electrons. The monoisotopic (exact) mass is 264 g/mol. The van der Waals surface area contributed by atoms with Crippen LogP contribution in [0.1, 0.15) is 19.4 Å². The third-order valence-electron chi connectivity index (χ3n) is 2.49. The molecule has 19 heavy (non-hydrogen) atoms. The highest BCUT2D eigenvalue weighted by Crippen LogP contribution is 1.98. The quantitative estimate of drug-likeness (QED) is 0.767. The van der Waals surface area contributed by atoms with Gasteiger partial charge in [-0.25, -0.2) is 0 Å². The number of carbonyl (C=O) groups is 2. The molecule has 0 bridgehead atoms. The summed E-state index contributed by atoms with van der Waals surface area (Å²) in [4.78, 5) is 23.0. The Morgan fingerprint density at radius 1 is 1.26 bits per heavy atom. The van der Waals surface area contributed by atoms with Crippen LogP contribution in [0.4, 0.5) is 0 Å². The summed E-state index contributed by atoms with van der Waals surface area (Å²) in [6, 6.07) is 8.94. The molecule has 5 nitrogen and oxygen atoms in total. The molecule has 2 N–H and O–H groups in total. The minimum Gasteiger partial charge on any atom is -0.379 e. The van der Waals surface area contributed by atoms with E-state index in [9.17, 15) is 9.59 Å². The molecule has 1 rings (SSSR count). The van der Waals surface area contributed by atoms with Crippen molar-refractivity contribution in [2.75, 3.05) is 13.2 Å². The van der Waals surface area contributed by atoms with Crippen molar-refractivity contribution in [2.45, 2.75) is 26.4 Å². The van der Waals surface area contributed by atoms with Gasteiger partial charge in [-0.3, -0.25) is 9.59 Å². The summed E-state index contributed by atoms with van der Waals surface area (Å²) in [6.45, 7) is 4.33. The van der Waals surface area contributed by atoms with Crippen molar-refractivity contribution in [1.29, 1.82) is 0 Å². The van der Waals surface area contributed by atoms with Crippen LogP contribution in [-0.2, 0) is 20.9 Å². The molecule has 1 atom stereocenters. The number of rotatable bonds is 7. The Balaban J connectivity index is 2.48. The Morgan fingerprint density at radius 2 is 1.95 bits per heavy atom. The molecule has 0 aromatic heterocycles. The molecular weight excluding hydrogens is 244 g/mol. The molecule has 0 saturated heterocycles. The molecule has 2 amide bonds. The third-order valence-corrected chi connectivity index (χ3v) is 2.49. The summed E-state index contributed by atoms with van der Waals surface area (Å²) in [7, 11) is 0. The van der Waals surface area contributed by atoms with E-state index >= 15 is 0 Å². The zero-order valence-corrected chi connectivity index (χ0v) is 11.3. The molecule has 0 aliphatic carbocycles. The fourth-order valence-electron chi connectivity index (χ4n) is 1.57. The predicted octanol–water partition coefficient (Wildman–Crippen LogP) is 0.844. The van der Waals surface area contributed by atoms with Crippen LogP contribution in [0.15, 0.2) is 30.3 Å². The molecule has 0 unspecified atom stereocenters. The van der Waals surface area contributed by atoms with Gasteiger partial charge in [0.2, 0.25) is 11.8 Å². The highest BCUT2D eigenvalue weighted by Gasteiger charge is 2.18. The van der Waals surface area contributed by atoms with Crippen LogP contribution in [-0.4, -0.2) is 31.1 Å². The van der Waals surface area contributed by atoms with Crippen molar-refractivity contribution in [2.24, 2.45) is 0 Å². The van der Waals surface area contributed by atoms with Gasteiger partial charge in [0, 0.05) is 20.1 Å². The van der Waals surface area contributed by atoms with Crippen LogP contribution in [0.25, 0.3) is 0 Å². The lowest BCUT2D eigenvalue weighted by Gasteiger charge is -2.17. The van der Waals surface area contributed by atoms with Gasteiger partial charge >= 0.3 is 0 Å². The standard InChI is InChI=1S/C14H20N2O3/c1-3-19-10-13(16-11(2)17)14(18)15-9-12-7-5-4-6-8-12/h4-8,13H,3,9-10H2,1-2H3,(H,15,18)(H,16,17)/t13-/m1/s1. The first kappa shape index (κ1) is 15.2. The normalized spacial score (nSPS) is 11.7. The summed E-state index contributed by atoms with van der Waals surface area (Å²) < 4.78 is 5.19. The second kappa shape index (κ2) is 8.26. The van der Waals surface area contributed by atoms with Crippen molar-refractivity contribution >= 4 is 11.8 Å². The Labute approximate surface area is 113 Å². The van der Waals surface area contributed by atoms with Crippen molar-refractivity contribution in [1.82, 2.24) is 10.6 Å². The van der Waals surface area contributed by atoms with Gasteiger partial charge in [0.15, 0.2) is 0 Å². The highest BCUT2D eigenvalue weighted by atomic mass is 16.5. The summed E-state index contributed by atoms with van der Waals surface area (Å²) in [5.41, 5.74) is 1.01. The van der Waals surface area contributed by atoms with Gasteiger partial charge in [0.05, 0.1) is 6.61 Å². The molecule has 1 aromatic rings. The van der Waals surface area contributed by atoms with E-state index in [0.717, 1.165) is 5.56 Å². The molecule has 0 saturated carbocycles. The minimum absolute atomic E-state index is 0.177. The lowest BCUT2D eigenvalue weighted by Crippen LogP contribution is -2.48. The van der Waals surface area contributed by atoms with Crippen LogP contribution in [0.3, 0.4) is 0 Å². The smallest absolute Gasteiger partial charge is 0.245 e. The Kier molecular flexibility index (Phi) is 6.60. The number of amides is 2. The number of hydrogen-bond donors (Lipinski definition) is 2. The van der Waals surface area contributed by atoms with Crippen molar-refractivity contribution < 1.29 is 14.3 Å². The van der Waals surface area contributed by atoms with E-state index in [1.54, 1.807) is 0 Å². The van der Waals surface area contributed by atoms with Crippen LogP contribution in [0.5, 0.6) is 0 Å². The fourth-order valence-corrected chi connectivity index (χ4v) is 1.57. The second-order valence-electron chi connectivity index (χ2n) is 4.12. The van der Waals surface area contributed by atoms with Gasteiger partial charge < -0.3 is 15.4 Å². The number of carbonyl (C=O) groups excluding carboxylic acids is 2. The maximum atomic E-state index is 12.0. The van der Waals surface area contributed by atoms with Crippen LogP contribution < -0.4 is 10.6 Å². The maximum Gasteiger partial charge on any atom is 0.245 e. The fraction of sp³-hybridized carbons (Fsp3) is 0.429. The molecular formula is C14H20N2O3. The van der Waals surface area contributed by atoms with Crippen molar-refractivity contribution in [3.63, 3.8) is 0 Å². The third kappa shape index (κ3) is 6.01. The van der Waals surface area contributed by atoms with Gasteiger partial charge in [-0.1, -0.05) is 30.3 Å². The molecule has 0 heterocycles. The number of hydrogen-bond acceptors (Lipinski definition) is 3. The van der Waals surface area contributed by atoms with Crippen LogP contribution in [0, 0.1) is 0 Å². The molecule has 0 aliphatic rings. The van der Waals surface area contributed by atoms with Gasteiger partial charge in [-0.05, 0) is 12.5 Å². The topological polar surface area (TPSA) is 67.4 Å². The van der Waals surface area contributed by atoms with Crippen molar-refractivity contribution in [3.05, 3.63) is 35.9 Å². The van der Waals surface area contributed by atoms with E-state index in [4.69, 9.17) is 4.74 Å². The minimum atomic E-state index is -0.652. The Hall–Kier alpha value is -1.88. The molecule has 0 spiro atoms. The predicted molar refractivity (Wildman–Crippen MR) is 72.4 cm³/mol. The second-order valence-corrected chi connectivity index (χ2v) is 4.12. The zero-order chi connectivity index (χ0) is 14.1. The lowest BCUT2D eigenvalue weighted by atomic mass is 10.2. The van der Waals surface area contributed by atoms with Gasteiger partial charge in [0.1, 0.15) is 6.04 Å². The van der Waals surface area contributed by atoms with Gasteiger partial charge in [-0.15, -0.1) is 0 Å². The SMILES string of the molecule is CCOC[C@@H](NC(C)=O)C(=O)NCc1ccccc1. The average Bonchev–Trinajstić information content (AvgIpc) is 2.41. The first-order valence-electron chi connectivity index (χ1n) is 6.30. The summed E-state index contributed by atoms with van der Waals surface area (Å²) in [5, 5.41) is 5.35. The molecule has 0 aliphatic heterocycles. The number of ether oxygens (including phenoxy) is 1. The number of nitrogens with one attached hydrogen (secondary N) is 2. The first-order chi connectivity index (χ1) is 9.13. The maximum absolute atomic E-state index is 12.0. The van der Waals surface area contributed by atoms with Gasteiger partial charge in [0.25, 0.3) is 0 Å². The summed E-state index contributed by atoms with van der Waals surface area (Å²) >= 11 is 0. The first-order valence-corrected chi connectivity index (χ1v) is 6.30.